The van der Waals surface area contributed by atoms with E-state index in [0.29, 0.717) is 32.0 Å². The number of nitrogens with one attached hydrogen (secondary N) is 2. The van der Waals surface area contributed by atoms with Gasteiger partial charge in [-0.15, -0.1) is 0 Å². The van der Waals surface area contributed by atoms with Gasteiger partial charge in [-0.05, 0) is 38.0 Å². The van der Waals surface area contributed by atoms with Gasteiger partial charge in [-0.2, -0.15) is 13.2 Å². The van der Waals surface area contributed by atoms with Crippen LogP contribution in [0.3, 0.4) is 0 Å². The molecule has 5 nitrogen and oxygen atoms in total. The predicted octanol–water partition coefficient (Wildman–Crippen LogP) is 2.56. The van der Waals surface area contributed by atoms with Crippen molar-refractivity contribution in [3.8, 4) is 5.75 Å². The molecular formula is C18H27F3N4O. The van der Waals surface area contributed by atoms with Crippen molar-refractivity contribution in [2.75, 3.05) is 33.2 Å². The van der Waals surface area contributed by atoms with E-state index < -0.39 is 12.7 Å². The van der Waals surface area contributed by atoms with Crippen molar-refractivity contribution >= 4 is 5.96 Å². The minimum atomic E-state index is -4.16. The van der Waals surface area contributed by atoms with Gasteiger partial charge >= 0.3 is 6.18 Å². The first-order valence-electron chi connectivity index (χ1n) is 8.75. The minimum absolute atomic E-state index is 0.0449. The summed E-state index contributed by atoms with van der Waals surface area (Å²) in [4.78, 5) is 5.55. The fourth-order valence-electron chi connectivity index (χ4n) is 2.94. The third kappa shape index (κ3) is 7.11. The Balaban J connectivity index is 1.74. The molecule has 146 valence electrons. The first-order chi connectivity index (χ1) is 12.2. The molecule has 26 heavy (non-hydrogen) atoms. The van der Waals surface area contributed by atoms with E-state index in [2.05, 4.69) is 15.6 Å². The van der Waals surface area contributed by atoms with Crippen molar-refractivity contribution in [2.45, 2.75) is 38.6 Å². The van der Waals surface area contributed by atoms with Crippen LogP contribution in [0.5, 0.6) is 5.75 Å². The van der Waals surface area contributed by atoms with Gasteiger partial charge in [0, 0.05) is 26.2 Å². The number of rotatable bonds is 6. The second-order valence-corrected chi connectivity index (χ2v) is 6.68. The van der Waals surface area contributed by atoms with E-state index >= 15 is 0 Å². The number of hydrogen-bond donors (Lipinski definition) is 2. The molecule has 1 heterocycles. The number of aryl methyl sites for hydroxylation is 1. The molecule has 8 heteroatoms. The third-order valence-electron chi connectivity index (χ3n) is 4.12. The Labute approximate surface area is 152 Å². The molecule has 1 saturated heterocycles. The van der Waals surface area contributed by atoms with Gasteiger partial charge in [-0.3, -0.25) is 9.89 Å². The predicted molar refractivity (Wildman–Crippen MR) is 96.7 cm³/mol. The second-order valence-electron chi connectivity index (χ2n) is 6.68. The summed E-state index contributed by atoms with van der Waals surface area (Å²) >= 11 is 0. The zero-order valence-electron chi connectivity index (χ0n) is 15.4. The van der Waals surface area contributed by atoms with Gasteiger partial charge in [-0.1, -0.05) is 12.1 Å². The molecular weight excluding hydrogens is 345 g/mol. The number of ether oxygens (including phenoxy) is 1. The van der Waals surface area contributed by atoms with Crippen LogP contribution in [-0.4, -0.2) is 62.4 Å². The van der Waals surface area contributed by atoms with Crippen molar-refractivity contribution in [3.05, 3.63) is 29.8 Å². The number of aliphatic imine (C=N–C) groups is 1. The molecule has 0 amide bonds. The highest BCUT2D eigenvalue weighted by atomic mass is 19.4. The molecule has 1 fully saturated rings. The summed E-state index contributed by atoms with van der Waals surface area (Å²) in [5.41, 5.74) is 1.13. The maximum atomic E-state index is 12.5. The van der Waals surface area contributed by atoms with E-state index in [4.69, 9.17) is 4.74 Å². The van der Waals surface area contributed by atoms with E-state index in [9.17, 15) is 13.2 Å². The maximum absolute atomic E-state index is 12.5. The first kappa shape index (κ1) is 20.4. The second kappa shape index (κ2) is 9.12. The molecule has 1 aromatic rings. The van der Waals surface area contributed by atoms with Crippen LogP contribution in [0.2, 0.25) is 0 Å². The summed E-state index contributed by atoms with van der Waals surface area (Å²) in [5, 5.41) is 6.35. The maximum Gasteiger partial charge on any atom is 0.401 e. The molecule has 1 aromatic carbocycles. The quantitative estimate of drug-likeness (QED) is 0.595. The fourth-order valence-corrected chi connectivity index (χ4v) is 2.94. The van der Waals surface area contributed by atoms with Crippen LogP contribution in [0.1, 0.15) is 18.9 Å². The smallest absolute Gasteiger partial charge is 0.401 e. The van der Waals surface area contributed by atoms with Crippen molar-refractivity contribution in [3.63, 3.8) is 0 Å². The number of alkyl halides is 3. The Bertz CT molecular complexity index is 606. The molecule has 2 rings (SSSR count). The highest BCUT2D eigenvalue weighted by Gasteiger charge is 2.34. The lowest BCUT2D eigenvalue weighted by Crippen LogP contribution is -2.47. The first-order valence-corrected chi connectivity index (χ1v) is 8.75. The fraction of sp³-hybridized carbons (Fsp3) is 0.611. The number of nitrogens with zero attached hydrogens (tertiary/aromatic N) is 2. The standard InChI is InChI=1S/C18H27F3N4O/c1-13-5-4-6-16(9-13)26-14(2)10-23-17(22-3)24-15-7-8-25(11-15)12-18(19,20)21/h4-6,9,14-15H,7-8,10-12H2,1-3H3,(H2,22,23,24). The van der Waals surface area contributed by atoms with Crippen LogP contribution in [0.4, 0.5) is 13.2 Å². The lowest BCUT2D eigenvalue weighted by molar-refractivity contribution is -0.143. The third-order valence-corrected chi connectivity index (χ3v) is 4.12. The molecule has 0 aromatic heterocycles. The van der Waals surface area contributed by atoms with Crippen molar-refractivity contribution in [2.24, 2.45) is 4.99 Å². The Morgan fingerprint density at radius 3 is 2.85 bits per heavy atom. The molecule has 0 spiro atoms. The Morgan fingerprint density at radius 2 is 2.19 bits per heavy atom. The zero-order valence-corrected chi connectivity index (χ0v) is 15.4. The summed E-state index contributed by atoms with van der Waals surface area (Å²) in [6, 6.07) is 7.78. The molecule has 0 radical (unpaired) electrons. The lowest BCUT2D eigenvalue weighted by Gasteiger charge is -2.21. The molecule has 0 aliphatic carbocycles. The topological polar surface area (TPSA) is 48.9 Å². The summed E-state index contributed by atoms with van der Waals surface area (Å²) in [7, 11) is 1.64. The van der Waals surface area contributed by atoms with Gasteiger partial charge < -0.3 is 15.4 Å². The SMILES string of the molecule is CN=C(NCC(C)Oc1cccc(C)c1)NC1CCN(CC(F)(F)F)C1. The van der Waals surface area contributed by atoms with Gasteiger partial charge in [0.25, 0.3) is 0 Å². The number of likely N-dealkylation sites (tertiary alicyclic amines) is 1. The van der Waals surface area contributed by atoms with Crippen LogP contribution in [0.25, 0.3) is 0 Å². The molecule has 1 aliphatic heterocycles. The minimum Gasteiger partial charge on any atom is -0.489 e. The highest BCUT2D eigenvalue weighted by Crippen LogP contribution is 2.20. The lowest BCUT2D eigenvalue weighted by atomic mass is 10.2. The van der Waals surface area contributed by atoms with E-state index in [0.717, 1.165) is 11.3 Å². The molecule has 2 N–H and O–H groups in total. The van der Waals surface area contributed by atoms with E-state index in [1.807, 2.05) is 38.1 Å². The summed E-state index contributed by atoms with van der Waals surface area (Å²) in [6.07, 6.45) is -3.58. The summed E-state index contributed by atoms with van der Waals surface area (Å²) in [5.74, 6) is 1.38. The number of benzene rings is 1. The van der Waals surface area contributed by atoms with E-state index in [1.54, 1.807) is 7.05 Å². The summed E-state index contributed by atoms with van der Waals surface area (Å²) < 4.78 is 43.2. The Hall–Kier alpha value is -1.96. The van der Waals surface area contributed by atoms with Gasteiger partial charge in [0.05, 0.1) is 13.1 Å². The highest BCUT2D eigenvalue weighted by molar-refractivity contribution is 5.80. The monoisotopic (exact) mass is 372 g/mol. The molecule has 2 unspecified atom stereocenters. The van der Waals surface area contributed by atoms with Gasteiger partial charge in [-0.25, -0.2) is 0 Å². The molecule has 0 saturated carbocycles. The number of hydrogen-bond acceptors (Lipinski definition) is 3. The number of halogens is 3. The van der Waals surface area contributed by atoms with E-state index in [-0.39, 0.29) is 12.1 Å². The Kier molecular flexibility index (Phi) is 7.14. The van der Waals surface area contributed by atoms with Crippen LogP contribution in [0.15, 0.2) is 29.3 Å². The van der Waals surface area contributed by atoms with Crippen LogP contribution in [0, 0.1) is 6.92 Å². The van der Waals surface area contributed by atoms with Gasteiger partial charge in [0.1, 0.15) is 11.9 Å². The van der Waals surface area contributed by atoms with Crippen molar-refractivity contribution in [1.29, 1.82) is 0 Å². The molecule has 1 aliphatic rings. The van der Waals surface area contributed by atoms with Gasteiger partial charge in [0.2, 0.25) is 0 Å². The Morgan fingerprint density at radius 1 is 1.42 bits per heavy atom. The van der Waals surface area contributed by atoms with Crippen LogP contribution < -0.4 is 15.4 Å². The normalized spacial score (nSPS) is 20.1. The average Bonchev–Trinajstić information content (AvgIpc) is 2.96. The average molecular weight is 372 g/mol. The van der Waals surface area contributed by atoms with Crippen LogP contribution >= 0.6 is 0 Å². The van der Waals surface area contributed by atoms with E-state index in [1.165, 1.54) is 4.90 Å². The molecule has 0 bridgehead atoms. The van der Waals surface area contributed by atoms with Crippen LogP contribution in [-0.2, 0) is 0 Å². The molecule has 2 atom stereocenters. The van der Waals surface area contributed by atoms with Crippen molar-refractivity contribution < 1.29 is 17.9 Å². The zero-order chi connectivity index (χ0) is 19.2. The number of guanidine groups is 1. The largest absolute Gasteiger partial charge is 0.489 e. The summed E-state index contributed by atoms with van der Waals surface area (Å²) in [6.45, 7) is 4.41. The van der Waals surface area contributed by atoms with Crippen molar-refractivity contribution in [1.82, 2.24) is 15.5 Å². The van der Waals surface area contributed by atoms with Gasteiger partial charge in [0.15, 0.2) is 5.96 Å².